The van der Waals surface area contributed by atoms with E-state index in [9.17, 15) is 18.0 Å². The van der Waals surface area contributed by atoms with E-state index in [0.29, 0.717) is 32.5 Å². The number of hydrogen-bond acceptors (Lipinski definition) is 6. The lowest BCUT2D eigenvalue weighted by molar-refractivity contribution is -0.147. The van der Waals surface area contributed by atoms with E-state index in [0.717, 1.165) is 28.5 Å². The van der Waals surface area contributed by atoms with Crippen molar-refractivity contribution in [1.82, 2.24) is 19.4 Å². The van der Waals surface area contributed by atoms with Gasteiger partial charge in [0.1, 0.15) is 0 Å². The molecule has 2 saturated heterocycles. The Bertz CT molecular complexity index is 1280. The summed E-state index contributed by atoms with van der Waals surface area (Å²) in [5.41, 5.74) is 9.47. The van der Waals surface area contributed by atoms with Gasteiger partial charge >= 0.3 is 6.03 Å². The number of imide groups is 1. The minimum atomic E-state index is -4.19. The Morgan fingerprint density at radius 2 is 1.81 bits per heavy atom. The number of nitrogens with zero attached hydrogens (tertiary/aromatic N) is 3. The number of nitrogens with two attached hydrogens (primary N) is 2. The van der Waals surface area contributed by atoms with Crippen LogP contribution in [0.1, 0.15) is 32.1 Å². The Hall–Kier alpha value is -3.22. The normalized spacial score (nSPS) is 23.4. The van der Waals surface area contributed by atoms with E-state index >= 15 is 0 Å². The van der Waals surface area contributed by atoms with Gasteiger partial charge in [-0.15, -0.1) is 0 Å². The zero-order valence-electron chi connectivity index (χ0n) is 20.3. The molecule has 2 aliphatic rings. The first-order chi connectivity index (χ1) is 17.0. The summed E-state index contributed by atoms with van der Waals surface area (Å²) in [5, 5.41) is 9.50. The summed E-state index contributed by atoms with van der Waals surface area (Å²) in [6.45, 7) is 1.43. The fourth-order valence-electron chi connectivity index (χ4n) is 5.30. The van der Waals surface area contributed by atoms with Crippen LogP contribution in [0.15, 0.2) is 47.4 Å². The van der Waals surface area contributed by atoms with Crippen molar-refractivity contribution in [3.8, 4) is 0 Å². The van der Waals surface area contributed by atoms with E-state index in [2.05, 4.69) is 4.72 Å². The molecule has 12 heteroatoms. The number of urea groups is 1. The molecule has 0 saturated carbocycles. The molecule has 11 nitrogen and oxygen atoms in total. The number of primary amides is 1. The van der Waals surface area contributed by atoms with Gasteiger partial charge in [-0.05, 0) is 55.0 Å². The molecule has 3 amide bonds. The average molecular weight is 516 g/mol. The van der Waals surface area contributed by atoms with Crippen molar-refractivity contribution in [3.63, 3.8) is 0 Å². The second kappa shape index (κ2) is 10.0. The van der Waals surface area contributed by atoms with Crippen molar-refractivity contribution in [2.45, 2.75) is 48.7 Å². The van der Waals surface area contributed by atoms with E-state index < -0.39 is 27.6 Å². The van der Waals surface area contributed by atoms with Gasteiger partial charge in [-0.1, -0.05) is 30.3 Å². The van der Waals surface area contributed by atoms with Crippen LogP contribution in [0.25, 0.3) is 10.8 Å². The molecule has 0 radical (unpaired) electrons. The lowest BCUT2D eigenvalue weighted by Gasteiger charge is -2.52. The molecule has 4 rings (SSSR count). The summed E-state index contributed by atoms with van der Waals surface area (Å²) < 4.78 is 30.2. The van der Waals surface area contributed by atoms with Crippen LogP contribution in [0.5, 0.6) is 0 Å². The summed E-state index contributed by atoms with van der Waals surface area (Å²) in [5.74, 6) is -0.793. The third-order valence-electron chi connectivity index (χ3n) is 7.18. The molecule has 6 N–H and O–H groups in total. The number of hydrogen-bond donors (Lipinski definition) is 4. The maximum atomic E-state index is 13.8. The first kappa shape index (κ1) is 25.9. The predicted molar refractivity (Wildman–Crippen MR) is 136 cm³/mol. The van der Waals surface area contributed by atoms with Crippen molar-refractivity contribution in [2.24, 2.45) is 11.5 Å². The van der Waals surface area contributed by atoms with Gasteiger partial charge in [-0.3, -0.25) is 20.0 Å². The summed E-state index contributed by atoms with van der Waals surface area (Å²) in [6, 6.07) is 11.0. The molecule has 2 aliphatic heterocycles. The Balaban J connectivity index is 1.77. The van der Waals surface area contributed by atoms with Crippen LogP contribution < -0.4 is 16.2 Å². The van der Waals surface area contributed by atoms with Crippen molar-refractivity contribution in [3.05, 3.63) is 42.5 Å². The highest BCUT2D eigenvalue weighted by atomic mass is 32.2. The minimum absolute atomic E-state index is 0.0228. The molecule has 0 aliphatic carbocycles. The number of carbonyl (C=O) groups excluding carboxylic acids is 2. The van der Waals surface area contributed by atoms with Crippen LogP contribution in [-0.4, -0.2) is 79.4 Å². The number of fused-ring (bicyclic) bond motifs is 1. The zero-order valence-corrected chi connectivity index (χ0v) is 21.1. The Labute approximate surface area is 210 Å². The smallest absolute Gasteiger partial charge is 0.321 e. The van der Waals surface area contributed by atoms with Gasteiger partial charge in [-0.2, -0.15) is 4.72 Å². The second-order valence-corrected chi connectivity index (χ2v) is 11.1. The second-order valence-electron chi connectivity index (χ2n) is 9.45. The van der Waals surface area contributed by atoms with Crippen LogP contribution >= 0.6 is 0 Å². The highest BCUT2D eigenvalue weighted by molar-refractivity contribution is 7.89. The number of nitrogens with one attached hydrogen (secondary N) is 2. The molecule has 0 spiro atoms. The standard InChI is InChI=1S/C24H33N7O4S/c1-29(23(27)33)21(32)24(12-4-5-14-31(24)19-9-6-13-30(16-19)22(25)26)28-36(34,35)20-11-10-17-7-2-3-8-18(17)15-20/h2-3,7-8,10-11,15,19,28H,4-6,9,12-14,16H2,1H3,(H3,25,26)(H2,27,33). The highest BCUT2D eigenvalue weighted by Crippen LogP contribution is 2.34. The van der Waals surface area contributed by atoms with Crippen LogP contribution in [0.2, 0.25) is 0 Å². The molecule has 2 aromatic rings. The zero-order chi connectivity index (χ0) is 26.1. The van der Waals surface area contributed by atoms with Gasteiger partial charge in [-0.25, -0.2) is 13.2 Å². The predicted octanol–water partition coefficient (Wildman–Crippen LogP) is 1.20. The number of benzene rings is 2. The SMILES string of the molecule is CN(C(N)=O)C(=O)C1(NS(=O)(=O)c2ccc3ccccc3c2)CCCCN1C1CCCN(C(=N)N)C1. The first-order valence-electron chi connectivity index (χ1n) is 12.0. The van der Waals surface area contributed by atoms with Gasteiger partial charge in [0.25, 0.3) is 5.91 Å². The van der Waals surface area contributed by atoms with E-state index in [1.807, 2.05) is 29.2 Å². The Morgan fingerprint density at radius 1 is 1.08 bits per heavy atom. The molecule has 36 heavy (non-hydrogen) atoms. The van der Waals surface area contributed by atoms with Gasteiger partial charge in [0.15, 0.2) is 11.6 Å². The molecule has 0 aromatic heterocycles. The maximum absolute atomic E-state index is 13.8. The summed E-state index contributed by atoms with van der Waals surface area (Å²) in [7, 11) is -2.93. The number of sulfonamides is 1. The average Bonchev–Trinajstić information content (AvgIpc) is 2.87. The molecule has 2 aromatic carbocycles. The molecular formula is C24H33N7O4S. The van der Waals surface area contributed by atoms with Crippen molar-refractivity contribution in [2.75, 3.05) is 26.7 Å². The molecule has 2 heterocycles. The number of guanidine groups is 1. The van der Waals surface area contributed by atoms with E-state index in [1.165, 1.54) is 13.1 Å². The molecule has 2 atom stereocenters. The van der Waals surface area contributed by atoms with Crippen LogP contribution in [0, 0.1) is 5.41 Å². The number of piperidine rings is 2. The number of likely N-dealkylation sites (tertiary alicyclic amines) is 2. The third-order valence-corrected chi connectivity index (χ3v) is 8.66. The van der Waals surface area contributed by atoms with Crippen LogP contribution in [0.4, 0.5) is 4.79 Å². The molecule has 194 valence electrons. The number of rotatable bonds is 5. The van der Waals surface area contributed by atoms with E-state index in [4.69, 9.17) is 16.9 Å². The minimum Gasteiger partial charge on any atom is -0.370 e. The van der Waals surface area contributed by atoms with Crippen LogP contribution in [0.3, 0.4) is 0 Å². The van der Waals surface area contributed by atoms with Crippen molar-refractivity contribution < 1.29 is 18.0 Å². The molecule has 0 bridgehead atoms. The summed E-state index contributed by atoms with van der Waals surface area (Å²) in [6.07, 6.45) is 2.93. The lowest BCUT2D eigenvalue weighted by atomic mass is 9.90. The van der Waals surface area contributed by atoms with E-state index in [1.54, 1.807) is 17.0 Å². The quantitative estimate of drug-likeness (QED) is 0.343. The molecule has 2 unspecified atom stereocenters. The van der Waals surface area contributed by atoms with Crippen molar-refractivity contribution >= 4 is 38.7 Å². The first-order valence-corrected chi connectivity index (χ1v) is 13.5. The number of carbonyl (C=O) groups is 2. The third kappa shape index (κ3) is 4.88. The fourth-order valence-corrected chi connectivity index (χ4v) is 6.69. The monoisotopic (exact) mass is 515 g/mol. The van der Waals surface area contributed by atoms with Gasteiger partial charge in [0.2, 0.25) is 10.0 Å². The van der Waals surface area contributed by atoms with Gasteiger partial charge < -0.3 is 16.4 Å². The number of amides is 3. The van der Waals surface area contributed by atoms with Gasteiger partial charge in [0.05, 0.1) is 4.90 Å². The molecular weight excluding hydrogens is 482 g/mol. The maximum Gasteiger partial charge on any atom is 0.321 e. The van der Waals surface area contributed by atoms with Crippen molar-refractivity contribution in [1.29, 1.82) is 5.41 Å². The summed E-state index contributed by atoms with van der Waals surface area (Å²) >= 11 is 0. The molecule has 2 fully saturated rings. The Kier molecular flexibility index (Phi) is 7.21. The topological polar surface area (TPSA) is 166 Å². The summed E-state index contributed by atoms with van der Waals surface area (Å²) in [4.78, 5) is 30.2. The fraction of sp³-hybridized carbons (Fsp3) is 0.458. The van der Waals surface area contributed by atoms with Crippen LogP contribution in [-0.2, 0) is 14.8 Å². The number of likely N-dealkylation sites (N-methyl/N-ethyl adjacent to an activating group) is 1. The van der Waals surface area contributed by atoms with Gasteiger partial charge in [0, 0.05) is 32.7 Å². The largest absolute Gasteiger partial charge is 0.370 e. The van der Waals surface area contributed by atoms with E-state index in [-0.39, 0.29) is 23.3 Å². The Morgan fingerprint density at radius 3 is 2.50 bits per heavy atom. The highest BCUT2D eigenvalue weighted by Gasteiger charge is 2.53. The lowest BCUT2D eigenvalue weighted by Crippen LogP contribution is -2.73.